The van der Waals surface area contributed by atoms with Crippen LogP contribution >= 0.6 is 15.9 Å². The van der Waals surface area contributed by atoms with Crippen molar-refractivity contribution in [2.75, 3.05) is 5.32 Å². The van der Waals surface area contributed by atoms with Gasteiger partial charge in [-0.25, -0.2) is 0 Å². The van der Waals surface area contributed by atoms with Gasteiger partial charge in [0.1, 0.15) is 0 Å². The highest BCUT2D eigenvalue weighted by molar-refractivity contribution is 9.10. The number of anilines is 1. The number of hydrogen-bond donors (Lipinski definition) is 1. The van der Waals surface area contributed by atoms with Crippen LogP contribution < -0.4 is 5.32 Å². The van der Waals surface area contributed by atoms with Crippen LogP contribution in [0.1, 0.15) is 16.8 Å². The highest BCUT2D eigenvalue weighted by atomic mass is 79.9. The molecule has 0 spiro atoms. The molecule has 0 amide bonds. The lowest BCUT2D eigenvalue weighted by Gasteiger charge is -2.09. The van der Waals surface area contributed by atoms with Crippen LogP contribution in [-0.2, 0) is 6.54 Å². The van der Waals surface area contributed by atoms with Crippen molar-refractivity contribution in [1.82, 2.24) is 4.98 Å². The number of pyridine rings is 1. The summed E-state index contributed by atoms with van der Waals surface area (Å²) in [5.41, 5.74) is 3.78. The van der Waals surface area contributed by atoms with Gasteiger partial charge < -0.3 is 5.32 Å². The minimum absolute atomic E-state index is 0.640. The van der Waals surface area contributed by atoms with Gasteiger partial charge in [-0.15, -0.1) is 0 Å². The predicted molar refractivity (Wildman–Crippen MR) is 75.2 cm³/mol. The Labute approximate surface area is 115 Å². The van der Waals surface area contributed by atoms with E-state index in [0.717, 1.165) is 21.4 Å². The maximum Gasteiger partial charge on any atom is 0.0992 e. The van der Waals surface area contributed by atoms with E-state index in [1.807, 2.05) is 25.1 Å². The van der Waals surface area contributed by atoms with Crippen LogP contribution in [0.25, 0.3) is 0 Å². The lowest BCUT2D eigenvalue weighted by molar-refractivity contribution is 1.02. The van der Waals surface area contributed by atoms with E-state index in [4.69, 9.17) is 5.26 Å². The van der Waals surface area contributed by atoms with Gasteiger partial charge in [0.05, 0.1) is 23.9 Å². The van der Waals surface area contributed by atoms with Gasteiger partial charge in [-0.3, -0.25) is 4.98 Å². The molecule has 0 saturated carbocycles. The van der Waals surface area contributed by atoms with Gasteiger partial charge in [0.2, 0.25) is 0 Å². The molecule has 1 heterocycles. The van der Waals surface area contributed by atoms with Crippen molar-refractivity contribution >= 4 is 21.6 Å². The van der Waals surface area contributed by atoms with Crippen molar-refractivity contribution < 1.29 is 0 Å². The van der Waals surface area contributed by atoms with Crippen LogP contribution in [0.2, 0.25) is 0 Å². The zero-order valence-corrected chi connectivity index (χ0v) is 11.5. The van der Waals surface area contributed by atoms with Crippen molar-refractivity contribution in [2.45, 2.75) is 13.5 Å². The Bertz CT molecular complexity index is 602. The number of nitriles is 1. The first-order chi connectivity index (χ1) is 8.70. The van der Waals surface area contributed by atoms with E-state index in [1.165, 1.54) is 0 Å². The number of rotatable bonds is 3. The summed E-state index contributed by atoms with van der Waals surface area (Å²) < 4.78 is 0.884. The quantitative estimate of drug-likeness (QED) is 0.941. The fourth-order valence-electron chi connectivity index (χ4n) is 1.61. The average molecular weight is 302 g/mol. The first-order valence-electron chi connectivity index (χ1n) is 5.54. The molecule has 1 aromatic heterocycles. The molecule has 3 nitrogen and oxygen atoms in total. The molecule has 2 rings (SSSR count). The van der Waals surface area contributed by atoms with Crippen LogP contribution in [0.15, 0.2) is 41.0 Å². The van der Waals surface area contributed by atoms with Gasteiger partial charge in [-0.2, -0.15) is 5.26 Å². The first-order valence-corrected chi connectivity index (χ1v) is 6.34. The Morgan fingerprint density at radius 3 is 2.89 bits per heavy atom. The lowest BCUT2D eigenvalue weighted by atomic mass is 10.2. The second-order valence-electron chi connectivity index (χ2n) is 3.93. The number of aryl methyl sites for hydroxylation is 1. The molecule has 0 aliphatic rings. The Balaban J connectivity index is 2.12. The second-order valence-corrected chi connectivity index (χ2v) is 4.78. The van der Waals surface area contributed by atoms with Crippen LogP contribution in [0.4, 0.5) is 5.69 Å². The number of halogens is 1. The third-order valence-electron chi connectivity index (χ3n) is 2.66. The van der Waals surface area contributed by atoms with Crippen molar-refractivity contribution in [2.24, 2.45) is 0 Å². The minimum Gasteiger partial charge on any atom is -0.378 e. The fraction of sp³-hybridized carbons (Fsp3) is 0.143. The number of benzene rings is 1. The van der Waals surface area contributed by atoms with E-state index < -0.39 is 0 Å². The standard InChI is InChI=1S/C14H12BrN3/c1-10-3-2-6-17-14(10)9-18-13-5-4-11(8-16)7-12(13)15/h2-7,18H,9H2,1H3. The molecule has 1 aromatic carbocycles. The summed E-state index contributed by atoms with van der Waals surface area (Å²) in [6.07, 6.45) is 1.79. The molecule has 2 aromatic rings. The third kappa shape index (κ3) is 2.88. The van der Waals surface area contributed by atoms with Gasteiger partial charge in [0.15, 0.2) is 0 Å². The average Bonchev–Trinajstić information content (AvgIpc) is 2.39. The maximum atomic E-state index is 8.80. The van der Waals surface area contributed by atoms with E-state index >= 15 is 0 Å². The SMILES string of the molecule is Cc1cccnc1CNc1ccc(C#N)cc1Br. The van der Waals surface area contributed by atoms with Crippen molar-refractivity contribution in [3.05, 3.63) is 57.8 Å². The van der Waals surface area contributed by atoms with Crippen molar-refractivity contribution in [3.63, 3.8) is 0 Å². The summed E-state index contributed by atoms with van der Waals surface area (Å²) >= 11 is 3.45. The van der Waals surface area contributed by atoms with E-state index in [2.05, 4.69) is 32.3 Å². The van der Waals surface area contributed by atoms with Crippen molar-refractivity contribution in [3.8, 4) is 6.07 Å². The molecule has 4 heteroatoms. The van der Waals surface area contributed by atoms with Crippen LogP contribution in [0.5, 0.6) is 0 Å². The Kier molecular flexibility index (Phi) is 3.96. The lowest BCUT2D eigenvalue weighted by Crippen LogP contribution is -2.04. The zero-order chi connectivity index (χ0) is 13.0. The van der Waals surface area contributed by atoms with E-state index in [9.17, 15) is 0 Å². The summed E-state index contributed by atoms with van der Waals surface area (Å²) in [6, 6.07) is 11.6. The predicted octanol–water partition coefficient (Wildman–Crippen LogP) is 3.64. The maximum absolute atomic E-state index is 8.80. The van der Waals surface area contributed by atoms with Gasteiger partial charge in [-0.1, -0.05) is 6.07 Å². The van der Waals surface area contributed by atoms with Gasteiger partial charge in [0, 0.05) is 16.4 Å². The van der Waals surface area contributed by atoms with Crippen LogP contribution in [-0.4, -0.2) is 4.98 Å². The van der Waals surface area contributed by atoms with Crippen molar-refractivity contribution in [1.29, 1.82) is 5.26 Å². The monoisotopic (exact) mass is 301 g/mol. The van der Waals surface area contributed by atoms with E-state index in [1.54, 1.807) is 18.3 Å². The molecule has 1 N–H and O–H groups in total. The zero-order valence-electron chi connectivity index (χ0n) is 9.94. The number of aromatic nitrogens is 1. The largest absolute Gasteiger partial charge is 0.378 e. The molecular weight excluding hydrogens is 290 g/mol. The highest BCUT2D eigenvalue weighted by Crippen LogP contribution is 2.24. The number of nitrogens with one attached hydrogen (secondary N) is 1. The van der Waals surface area contributed by atoms with Gasteiger partial charge in [-0.05, 0) is 52.7 Å². The van der Waals surface area contributed by atoms with E-state index in [0.29, 0.717) is 12.1 Å². The molecule has 0 atom stereocenters. The highest BCUT2D eigenvalue weighted by Gasteiger charge is 2.03. The Hall–Kier alpha value is -1.86. The molecule has 90 valence electrons. The molecule has 0 saturated heterocycles. The minimum atomic E-state index is 0.640. The smallest absolute Gasteiger partial charge is 0.0992 e. The molecule has 18 heavy (non-hydrogen) atoms. The molecule has 0 unspecified atom stereocenters. The van der Waals surface area contributed by atoms with Crippen LogP contribution in [0, 0.1) is 18.3 Å². The van der Waals surface area contributed by atoms with Gasteiger partial charge >= 0.3 is 0 Å². The van der Waals surface area contributed by atoms with E-state index in [-0.39, 0.29) is 0 Å². The number of nitrogens with zero attached hydrogens (tertiary/aromatic N) is 2. The molecule has 0 aliphatic carbocycles. The molecule has 0 bridgehead atoms. The second kappa shape index (κ2) is 5.65. The van der Waals surface area contributed by atoms with Gasteiger partial charge in [0.25, 0.3) is 0 Å². The Morgan fingerprint density at radius 1 is 1.39 bits per heavy atom. The van der Waals surface area contributed by atoms with Crippen LogP contribution in [0.3, 0.4) is 0 Å². The third-order valence-corrected chi connectivity index (χ3v) is 3.32. The Morgan fingerprint density at radius 2 is 2.22 bits per heavy atom. The normalized spacial score (nSPS) is 9.83. The summed E-state index contributed by atoms with van der Waals surface area (Å²) in [4.78, 5) is 4.33. The number of hydrogen-bond acceptors (Lipinski definition) is 3. The first kappa shape index (κ1) is 12.6. The molecule has 0 fully saturated rings. The summed E-state index contributed by atoms with van der Waals surface area (Å²) in [7, 11) is 0. The molecule has 0 radical (unpaired) electrons. The molecular formula is C14H12BrN3. The fourth-order valence-corrected chi connectivity index (χ4v) is 2.13. The summed E-state index contributed by atoms with van der Waals surface area (Å²) in [5.74, 6) is 0. The topological polar surface area (TPSA) is 48.7 Å². The summed E-state index contributed by atoms with van der Waals surface area (Å²) in [5, 5.41) is 12.1. The summed E-state index contributed by atoms with van der Waals surface area (Å²) in [6.45, 7) is 2.70. The molecule has 0 aliphatic heterocycles.